The molecule has 2 amide bonds. The van der Waals surface area contributed by atoms with Crippen molar-refractivity contribution in [3.05, 3.63) is 65.4 Å². The number of aryl methyl sites for hydroxylation is 2. The van der Waals surface area contributed by atoms with E-state index in [0.29, 0.717) is 6.54 Å². The van der Waals surface area contributed by atoms with Gasteiger partial charge in [0.15, 0.2) is 0 Å². The number of thioether (sulfide) groups is 1. The molecule has 0 atom stereocenters. The molecule has 1 aromatic heterocycles. The van der Waals surface area contributed by atoms with Crippen molar-refractivity contribution in [3.63, 3.8) is 0 Å². The highest BCUT2D eigenvalue weighted by Gasteiger charge is 2.17. The molecular formula is C23H26N2O3S. The number of nitrogens with zero attached hydrogens (tertiary/aromatic N) is 1. The normalized spacial score (nSPS) is 10.9. The number of para-hydroxylation sites is 1. The maximum atomic E-state index is 12.5. The molecule has 0 saturated heterocycles. The van der Waals surface area contributed by atoms with Crippen LogP contribution in [-0.2, 0) is 22.6 Å². The first-order valence-electron chi connectivity index (χ1n) is 9.65. The first-order chi connectivity index (χ1) is 14.0. The monoisotopic (exact) mass is 410 g/mol. The van der Waals surface area contributed by atoms with Gasteiger partial charge in [0.1, 0.15) is 11.3 Å². The molecule has 1 heterocycles. The van der Waals surface area contributed by atoms with Crippen LogP contribution in [0, 0.1) is 6.92 Å². The van der Waals surface area contributed by atoms with Crippen LogP contribution < -0.4 is 5.32 Å². The van der Waals surface area contributed by atoms with Gasteiger partial charge in [0.25, 0.3) is 0 Å². The second kappa shape index (κ2) is 9.65. The lowest BCUT2D eigenvalue weighted by atomic mass is 10.1. The number of fused-ring (bicyclic) bond motifs is 1. The number of carbonyl (C=O) groups is 2. The van der Waals surface area contributed by atoms with Crippen LogP contribution in [0.5, 0.6) is 0 Å². The number of benzene rings is 2. The minimum Gasteiger partial charge on any atom is -0.461 e. The molecule has 1 N–H and O–H groups in total. The Balaban J connectivity index is 1.51. The smallest absolute Gasteiger partial charge is 0.234 e. The third-order valence-electron chi connectivity index (χ3n) is 4.68. The number of anilines is 1. The Morgan fingerprint density at radius 2 is 1.90 bits per heavy atom. The van der Waals surface area contributed by atoms with E-state index in [-0.39, 0.29) is 23.3 Å². The molecule has 2 aromatic carbocycles. The summed E-state index contributed by atoms with van der Waals surface area (Å²) in [5, 5.41) is 3.91. The van der Waals surface area contributed by atoms with Gasteiger partial charge in [-0.15, -0.1) is 11.8 Å². The van der Waals surface area contributed by atoms with Crippen LogP contribution in [0.2, 0.25) is 0 Å². The minimum atomic E-state index is -0.106. The van der Waals surface area contributed by atoms with Gasteiger partial charge >= 0.3 is 0 Å². The number of amides is 2. The summed E-state index contributed by atoms with van der Waals surface area (Å²) in [6.07, 6.45) is 0.778. The summed E-state index contributed by atoms with van der Waals surface area (Å²) < 4.78 is 5.91. The van der Waals surface area contributed by atoms with E-state index < -0.39 is 0 Å². The zero-order chi connectivity index (χ0) is 20.8. The molecule has 0 unspecified atom stereocenters. The third-order valence-corrected chi connectivity index (χ3v) is 5.60. The van der Waals surface area contributed by atoms with Crippen LogP contribution in [-0.4, -0.2) is 35.3 Å². The van der Waals surface area contributed by atoms with Crippen molar-refractivity contribution in [2.75, 3.05) is 23.9 Å². The molecule has 0 saturated carbocycles. The highest BCUT2D eigenvalue weighted by atomic mass is 32.2. The molecule has 152 valence electrons. The van der Waals surface area contributed by atoms with Crippen molar-refractivity contribution in [2.24, 2.45) is 0 Å². The quantitative estimate of drug-likeness (QED) is 0.588. The second-order valence-electron chi connectivity index (χ2n) is 7.01. The summed E-state index contributed by atoms with van der Waals surface area (Å²) in [6.45, 7) is 4.52. The molecule has 5 nitrogen and oxygen atoms in total. The van der Waals surface area contributed by atoms with Crippen molar-refractivity contribution in [2.45, 2.75) is 26.8 Å². The van der Waals surface area contributed by atoms with Gasteiger partial charge in [0.2, 0.25) is 11.8 Å². The Morgan fingerprint density at radius 3 is 2.66 bits per heavy atom. The molecule has 3 aromatic rings. The zero-order valence-corrected chi connectivity index (χ0v) is 17.8. The lowest BCUT2D eigenvalue weighted by molar-refractivity contribution is -0.127. The largest absolute Gasteiger partial charge is 0.461 e. The number of carbonyl (C=O) groups excluding carboxylic acids is 2. The van der Waals surface area contributed by atoms with E-state index in [1.807, 2.05) is 62.4 Å². The van der Waals surface area contributed by atoms with Crippen molar-refractivity contribution < 1.29 is 14.0 Å². The molecule has 0 aliphatic heterocycles. The summed E-state index contributed by atoms with van der Waals surface area (Å²) in [5.41, 5.74) is 3.77. The van der Waals surface area contributed by atoms with Crippen LogP contribution in [0.1, 0.15) is 23.8 Å². The van der Waals surface area contributed by atoms with E-state index in [9.17, 15) is 9.59 Å². The van der Waals surface area contributed by atoms with Crippen molar-refractivity contribution in [1.29, 1.82) is 0 Å². The summed E-state index contributed by atoms with van der Waals surface area (Å²) in [5.74, 6) is 1.30. The molecule has 29 heavy (non-hydrogen) atoms. The van der Waals surface area contributed by atoms with Gasteiger partial charge in [0.05, 0.1) is 11.5 Å². The van der Waals surface area contributed by atoms with Crippen LogP contribution in [0.3, 0.4) is 0 Å². The third kappa shape index (κ3) is 5.41. The Hall–Kier alpha value is -2.73. The van der Waals surface area contributed by atoms with Gasteiger partial charge in [-0.1, -0.05) is 37.3 Å². The Bertz CT molecular complexity index is 1010. The van der Waals surface area contributed by atoms with Gasteiger partial charge < -0.3 is 14.6 Å². The van der Waals surface area contributed by atoms with Crippen LogP contribution in [0.15, 0.2) is 52.9 Å². The maximum Gasteiger partial charge on any atom is 0.234 e. The van der Waals surface area contributed by atoms with Gasteiger partial charge in [-0.3, -0.25) is 9.59 Å². The Kier molecular flexibility index (Phi) is 6.99. The SMILES string of the molecule is CCc1oc2ccccc2c1CN(C)C(=O)CSCC(=O)Nc1cccc(C)c1. The van der Waals surface area contributed by atoms with Gasteiger partial charge in [-0.2, -0.15) is 0 Å². The highest BCUT2D eigenvalue weighted by molar-refractivity contribution is 8.00. The minimum absolute atomic E-state index is 0.00862. The molecule has 0 spiro atoms. The number of hydrogen-bond acceptors (Lipinski definition) is 4. The van der Waals surface area contributed by atoms with E-state index >= 15 is 0 Å². The predicted molar refractivity (Wildman–Crippen MR) is 119 cm³/mol. The zero-order valence-electron chi connectivity index (χ0n) is 17.0. The topological polar surface area (TPSA) is 62.6 Å². The highest BCUT2D eigenvalue weighted by Crippen LogP contribution is 2.27. The van der Waals surface area contributed by atoms with Crippen LogP contribution >= 0.6 is 11.8 Å². The second-order valence-corrected chi connectivity index (χ2v) is 8.00. The molecule has 6 heteroatoms. The predicted octanol–water partition coefficient (Wildman–Crippen LogP) is 4.63. The van der Waals surface area contributed by atoms with Crippen LogP contribution in [0.25, 0.3) is 11.0 Å². The molecule has 3 rings (SSSR count). The number of furan rings is 1. The van der Waals surface area contributed by atoms with Gasteiger partial charge in [-0.05, 0) is 30.7 Å². The summed E-state index contributed by atoms with van der Waals surface area (Å²) in [4.78, 5) is 26.3. The number of nitrogens with one attached hydrogen (secondary N) is 1. The summed E-state index contributed by atoms with van der Waals surface area (Å²) in [7, 11) is 1.79. The molecule has 0 radical (unpaired) electrons. The fourth-order valence-electron chi connectivity index (χ4n) is 3.19. The van der Waals surface area contributed by atoms with Crippen molar-refractivity contribution in [3.8, 4) is 0 Å². The standard InChI is InChI=1S/C23H26N2O3S/c1-4-20-19(18-10-5-6-11-21(18)28-20)13-25(3)23(27)15-29-14-22(26)24-17-9-7-8-16(2)12-17/h5-12H,4,13-15H2,1-3H3,(H,24,26). The van der Waals surface area contributed by atoms with Gasteiger partial charge in [-0.25, -0.2) is 0 Å². The average molecular weight is 411 g/mol. The maximum absolute atomic E-state index is 12.5. The fourth-order valence-corrected chi connectivity index (χ4v) is 3.95. The van der Waals surface area contributed by atoms with Crippen LogP contribution in [0.4, 0.5) is 5.69 Å². The fraction of sp³-hybridized carbons (Fsp3) is 0.304. The van der Waals surface area contributed by atoms with E-state index in [1.165, 1.54) is 11.8 Å². The Labute approximate surface area is 175 Å². The van der Waals surface area contributed by atoms with E-state index in [1.54, 1.807) is 11.9 Å². The van der Waals surface area contributed by atoms with E-state index in [2.05, 4.69) is 5.32 Å². The molecule has 0 aliphatic carbocycles. The molecule has 0 aliphatic rings. The average Bonchev–Trinajstić information content (AvgIpc) is 3.05. The lowest BCUT2D eigenvalue weighted by Crippen LogP contribution is -2.28. The molecular weight excluding hydrogens is 384 g/mol. The van der Waals surface area contributed by atoms with Crippen molar-refractivity contribution >= 4 is 40.2 Å². The first kappa shape index (κ1) is 21.0. The number of rotatable bonds is 8. The molecule has 0 bridgehead atoms. The van der Waals surface area contributed by atoms with Gasteiger partial charge in [0, 0.05) is 36.7 Å². The summed E-state index contributed by atoms with van der Waals surface area (Å²) >= 11 is 1.32. The van der Waals surface area contributed by atoms with E-state index in [0.717, 1.165) is 40.0 Å². The first-order valence-corrected chi connectivity index (χ1v) is 10.8. The lowest BCUT2D eigenvalue weighted by Gasteiger charge is -2.17. The summed E-state index contributed by atoms with van der Waals surface area (Å²) in [6, 6.07) is 15.6. The molecule has 0 fully saturated rings. The Morgan fingerprint density at radius 1 is 1.10 bits per heavy atom. The van der Waals surface area contributed by atoms with E-state index in [4.69, 9.17) is 4.42 Å². The number of hydrogen-bond donors (Lipinski definition) is 1. The van der Waals surface area contributed by atoms with Crippen molar-refractivity contribution in [1.82, 2.24) is 4.90 Å².